The predicted molar refractivity (Wildman–Crippen MR) is 116 cm³/mol. The maximum Gasteiger partial charge on any atom is 0.257 e. The van der Waals surface area contributed by atoms with Gasteiger partial charge in [0.05, 0.1) is 5.52 Å². The third-order valence-corrected chi connectivity index (χ3v) is 5.29. The van der Waals surface area contributed by atoms with Gasteiger partial charge in [-0.2, -0.15) is 5.10 Å². The number of likely N-dealkylation sites (N-methyl/N-ethyl adjacent to an activating group) is 1. The maximum atomic E-state index is 12.8. The fourth-order valence-corrected chi connectivity index (χ4v) is 3.48. The summed E-state index contributed by atoms with van der Waals surface area (Å²) >= 11 is 0. The molecular weight excluding hydrogens is 394 g/mol. The van der Waals surface area contributed by atoms with E-state index in [1.807, 2.05) is 18.2 Å². The molecule has 1 aliphatic heterocycles. The van der Waals surface area contributed by atoms with E-state index >= 15 is 0 Å². The summed E-state index contributed by atoms with van der Waals surface area (Å²) in [4.78, 5) is 34.6. The quantitative estimate of drug-likeness (QED) is 0.536. The van der Waals surface area contributed by atoms with E-state index in [4.69, 9.17) is 0 Å². The zero-order chi connectivity index (χ0) is 21.2. The third kappa shape index (κ3) is 4.05. The molecule has 0 radical (unpaired) electrons. The molecular formula is C21H21N9O. The zero-order valence-electron chi connectivity index (χ0n) is 17.0. The van der Waals surface area contributed by atoms with Gasteiger partial charge in [0, 0.05) is 55.6 Å². The number of anilines is 2. The molecule has 4 aromatic rings. The molecule has 5 rings (SSSR count). The van der Waals surface area contributed by atoms with Gasteiger partial charge in [0.25, 0.3) is 5.91 Å². The molecule has 10 heteroatoms. The monoisotopic (exact) mass is 415 g/mol. The van der Waals surface area contributed by atoms with Crippen molar-refractivity contribution in [3.63, 3.8) is 0 Å². The van der Waals surface area contributed by atoms with Crippen molar-refractivity contribution >= 4 is 28.4 Å². The molecule has 0 spiro atoms. The SMILES string of the molecule is CN1CCN(c2cc(C(=O)Nc3cc4nc(-n5cncn5)ccc4cn3)ccn2)CC1. The van der Waals surface area contributed by atoms with E-state index in [-0.39, 0.29) is 5.91 Å². The number of rotatable bonds is 4. The van der Waals surface area contributed by atoms with Crippen molar-refractivity contribution < 1.29 is 4.79 Å². The lowest BCUT2D eigenvalue weighted by Crippen LogP contribution is -2.44. The molecule has 1 N–H and O–H groups in total. The Bertz CT molecular complexity index is 1220. The van der Waals surface area contributed by atoms with E-state index in [1.165, 1.54) is 6.33 Å². The first kappa shape index (κ1) is 19.1. The van der Waals surface area contributed by atoms with Crippen LogP contribution in [0.1, 0.15) is 10.4 Å². The Kier molecular flexibility index (Phi) is 4.97. The van der Waals surface area contributed by atoms with Crippen molar-refractivity contribution in [1.82, 2.24) is 34.6 Å². The normalized spacial score (nSPS) is 14.7. The highest BCUT2D eigenvalue weighted by atomic mass is 16.1. The molecule has 1 saturated heterocycles. The minimum atomic E-state index is -0.239. The average molecular weight is 415 g/mol. The van der Waals surface area contributed by atoms with Gasteiger partial charge in [0.1, 0.15) is 24.3 Å². The van der Waals surface area contributed by atoms with Gasteiger partial charge in [0.15, 0.2) is 5.82 Å². The standard InChI is InChI=1S/C21H21N9O/c1-28-6-8-29(9-7-28)20-10-15(4-5-23-20)21(31)27-18-11-17-16(12-24-18)2-3-19(26-17)30-14-22-13-25-30/h2-5,10-14H,6-9H2,1H3,(H,24,27,31). The first-order chi connectivity index (χ1) is 15.2. The van der Waals surface area contributed by atoms with Crippen molar-refractivity contribution in [3.05, 3.63) is 60.9 Å². The van der Waals surface area contributed by atoms with Gasteiger partial charge in [0.2, 0.25) is 0 Å². The van der Waals surface area contributed by atoms with Gasteiger partial charge in [-0.15, -0.1) is 0 Å². The number of amides is 1. The van der Waals surface area contributed by atoms with Crippen LogP contribution in [0.5, 0.6) is 0 Å². The molecule has 1 amide bonds. The summed E-state index contributed by atoms with van der Waals surface area (Å²) in [7, 11) is 2.11. The Morgan fingerprint density at radius 3 is 2.71 bits per heavy atom. The molecule has 4 aromatic heterocycles. The van der Waals surface area contributed by atoms with Gasteiger partial charge in [-0.25, -0.2) is 24.6 Å². The first-order valence-electron chi connectivity index (χ1n) is 9.98. The van der Waals surface area contributed by atoms with Crippen LogP contribution in [0.25, 0.3) is 16.7 Å². The summed E-state index contributed by atoms with van der Waals surface area (Å²) in [6, 6.07) is 9.02. The summed E-state index contributed by atoms with van der Waals surface area (Å²) in [6.45, 7) is 3.73. The Morgan fingerprint density at radius 2 is 1.90 bits per heavy atom. The predicted octanol–water partition coefficient (Wildman–Crippen LogP) is 1.61. The van der Waals surface area contributed by atoms with Gasteiger partial charge in [-0.1, -0.05) is 0 Å². The number of nitrogens with one attached hydrogen (secondary N) is 1. The first-order valence-corrected chi connectivity index (χ1v) is 9.98. The molecule has 1 fully saturated rings. The van der Waals surface area contributed by atoms with Crippen molar-refractivity contribution in [1.29, 1.82) is 0 Å². The number of hydrogen-bond acceptors (Lipinski definition) is 8. The lowest BCUT2D eigenvalue weighted by Gasteiger charge is -2.33. The van der Waals surface area contributed by atoms with Crippen LogP contribution in [0.2, 0.25) is 0 Å². The van der Waals surface area contributed by atoms with E-state index in [0.29, 0.717) is 22.7 Å². The molecule has 10 nitrogen and oxygen atoms in total. The van der Waals surface area contributed by atoms with E-state index in [9.17, 15) is 4.79 Å². The van der Waals surface area contributed by atoms with Crippen LogP contribution in [0.4, 0.5) is 11.6 Å². The molecule has 31 heavy (non-hydrogen) atoms. The Morgan fingerprint density at radius 1 is 1.03 bits per heavy atom. The highest BCUT2D eigenvalue weighted by Crippen LogP contribution is 2.19. The summed E-state index contributed by atoms with van der Waals surface area (Å²) in [5.41, 5.74) is 1.24. The summed E-state index contributed by atoms with van der Waals surface area (Å²) in [6.07, 6.45) is 6.39. The number of pyridine rings is 3. The molecule has 0 saturated carbocycles. The molecule has 0 aromatic carbocycles. The summed E-state index contributed by atoms with van der Waals surface area (Å²) < 4.78 is 1.58. The molecule has 0 atom stereocenters. The minimum Gasteiger partial charge on any atom is -0.354 e. The summed E-state index contributed by atoms with van der Waals surface area (Å²) in [5.74, 6) is 1.64. The zero-order valence-corrected chi connectivity index (χ0v) is 17.0. The number of aromatic nitrogens is 6. The molecule has 5 heterocycles. The summed E-state index contributed by atoms with van der Waals surface area (Å²) in [5, 5.41) is 7.83. The van der Waals surface area contributed by atoms with Gasteiger partial charge >= 0.3 is 0 Å². The molecule has 0 unspecified atom stereocenters. The fraction of sp³-hybridized carbons (Fsp3) is 0.238. The number of carbonyl (C=O) groups is 1. The van der Waals surface area contributed by atoms with Crippen LogP contribution in [0, 0.1) is 0 Å². The lowest BCUT2D eigenvalue weighted by atomic mass is 10.2. The van der Waals surface area contributed by atoms with Gasteiger partial charge in [-0.3, -0.25) is 4.79 Å². The second-order valence-corrected chi connectivity index (χ2v) is 7.42. The average Bonchev–Trinajstić information content (AvgIpc) is 3.34. The maximum absolute atomic E-state index is 12.8. The van der Waals surface area contributed by atoms with Crippen molar-refractivity contribution in [2.24, 2.45) is 0 Å². The Labute approximate surface area is 178 Å². The number of hydrogen-bond donors (Lipinski definition) is 1. The van der Waals surface area contributed by atoms with Crippen molar-refractivity contribution in [2.45, 2.75) is 0 Å². The van der Waals surface area contributed by atoms with Crippen LogP contribution in [-0.2, 0) is 0 Å². The van der Waals surface area contributed by atoms with Crippen LogP contribution < -0.4 is 10.2 Å². The topological polar surface area (TPSA) is 105 Å². The molecule has 1 aliphatic rings. The van der Waals surface area contributed by atoms with E-state index in [1.54, 1.807) is 35.5 Å². The number of carbonyl (C=O) groups excluding carboxylic acids is 1. The second kappa shape index (κ2) is 8.07. The van der Waals surface area contributed by atoms with Gasteiger partial charge < -0.3 is 15.1 Å². The van der Waals surface area contributed by atoms with Crippen molar-refractivity contribution in [3.8, 4) is 5.82 Å². The Hall–Kier alpha value is -3.92. The second-order valence-electron chi connectivity index (χ2n) is 7.42. The minimum absolute atomic E-state index is 0.239. The largest absolute Gasteiger partial charge is 0.354 e. The van der Waals surface area contributed by atoms with Crippen LogP contribution in [0.15, 0.2) is 55.4 Å². The van der Waals surface area contributed by atoms with Crippen LogP contribution in [0.3, 0.4) is 0 Å². The molecule has 156 valence electrons. The number of piperazine rings is 1. The van der Waals surface area contributed by atoms with E-state index in [0.717, 1.165) is 37.4 Å². The van der Waals surface area contributed by atoms with Crippen LogP contribution in [-0.4, -0.2) is 73.8 Å². The van der Waals surface area contributed by atoms with Crippen molar-refractivity contribution in [2.75, 3.05) is 43.4 Å². The van der Waals surface area contributed by atoms with Crippen LogP contribution >= 0.6 is 0 Å². The number of fused-ring (bicyclic) bond motifs is 1. The Balaban J connectivity index is 1.35. The molecule has 0 aliphatic carbocycles. The molecule has 0 bridgehead atoms. The lowest BCUT2D eigenvalue weighted by molar-refractivity contribution is 0.102. The highest BCUT2D eigenvalue weighted by molar-refractivity contribution is 6.04. The van der Waals surface area contributed by atoms with E-state index < -0.39 is 0 Å². The van der Waals surface area contributed by atoms with Gasteiger partial charge in [-0.05, 0) is 31.3 Å². The smallest absolute Gasteiger partial charge is 0.257 e. The van der Waals surface area contributed by atoms with E-state index in [2.05, 4.69) is 47.2 Å². The third-order valence-electron chi connectivity index (χ3n) is 5.29. The highest BCUT2D eigenvalue weighted by Gasteiger charge is 2.17. The number of nitrogens with zero attached hydrogens (tertiary/aromatic N) is 8. The fourth-order valence-electron chi connectivity index (χ4n) is 3.48.